The van der Waals surface area contributed by atoms with Gasteiger partial charge in [-0.25, -0.2) is 4.39 Å². The third-order valence-corrected chi connectivity index (χ3v) is 6.39. The number of nitrogens with zero attached hydrogens (tertiary/aromatic N) is 1. The number of carbonyl (C=O) groups is 2. The Morgan fingerprint density at radius 3 is 2.53 bits per heavy atom. The minimum atomic E-state index is -0.540. The van der Waals surface area contributed by atoms with Crippen molar-refractivity contribution in [2.45, 2.75) is 13.3 Å². The van der Waals surface area contributed by atoms with Crippen LogP contribution in [0, 0.1) is 5.82 Å². The zero-order valence-corrected chi connectivity index (χ0v) is 18.9. The van der Waals surface area contributed by atoms with Gasteiger partial charge in [0.05, 0.1) is 19.8 Å². The van der Waals surface area contributed by atoms with Crippen molar-refractivity contribution in [2.75, 3.05) is 32.9 Å². The number of hydrogen-bond donors (Lipinski definition) is 1. The van der Waals surface area contributed by atoms with Crippen molar-refractivity contribution in [1.29, 1.82) is 0 Å². The van der Waals surface area contributed by atoms with E-state index in [4.69, 9.17) is 15.2 Å². The van der Waals surface area contributed by atoms with Gasteiger partial charge in [0.25, 0.3) is 5.91 Å². The van der Waals surface area contributed by atoms with Gasteiger partial charge in [0.15, 0.2) is 11.6 Å². The van der Waals surface area contributed by atoms with Crippen LogP contribution in [0.5, 0.6) is 5.75 Å². The number of ether oxygens (including phenoxy) is 2. The molecule has 0 aromatic heterocycles. The molecule has 0 saturated carbocycles. The molecule has 2 aliphatic rings. The lowest BCUT2D eigenvalue weighted by molar-refractivity contribution is 0.0303. The second kappa shape index (κ2) is 8.91. The van der Waals surface area contributed by atoms with Gasteiger partial charge < -0.3 is 20.1 Å². The third-order valence-electron chi connectivity index (χ3n) is 6.39. The second-order valence-electron chi connectivity index (χ2n) is 8.45. The maximum Gasteiger partial charge on any atom is 0.254 e. The van der Waals surface area contributed by atoms with E-state index in [0.717, 1.165) is 22.3 Å². The van der Waals surface area contributed by atoms with Crippen LogP contribution in [0.4, 0.5) is 4.39 Å². The number of hydrogen-bond acceptors (Lipinski definition) is 4. The van der Waals surface area contributed by atoms with Gasteiger partial charge in [0.1, 0.15) is 0 Å². The van der Waals surface area contributed by atoms with Gasteiger partial charge in [0.2, 0.25) is 5.91 Å². The SMILES string of the molecule is CCOc1ccc(-c2cc(C(N)=O)c3c(c2)-c2ccc(C(=O)N4CCOCC4)cc2C3)cc1F. The molecule has 0 atom stereocenters. The highest BCUT2D eigenvalue weighted by Crippen LogP contribution is 2.42. The molecule has 1 aliphatic heterocycles. The van der Waals surface area contributed by atoms with E-state index in [0.29, 0.717) is 61.6 Å². The topological polar surface area (TPSA) is 81.9 Å². The molecule has 174 valence electrons. The Bertz CT molecular complexity index is 1300. The standard InChI is InChI=1S/C27H25FN2O4/c1-2-34-25-6-4-16(15-24(25)28)18-12-21-20-5-3-17(27(32)30-7-9-33-10-8-30)11-19(20)14-22(21)23(13-18)26(29)31/h3-6,11-13,15H,2,7-10,14H2,1H3,(H2,29,31). The van der Waals surface area contributed by atoms with Crippen LogP contribution in [0.1, 0.15) is 38.8 Å². The van der Waals surface area contributed by atoms with Gasteiger partial charge in [-0.2, -0.15) is 0 Å². The van der Waals surface area contributed by atoms with Crippen LogP contribution < -0.4 is 10.5 Å². The molecule has 1 fully saturated rings. The number of benzene rings is 3. The normalized spacial score (nSPS) is 14.5. The summed E-state index contributed by atoms with van der Waals surface area (Å²) in [4.78, 5) is 27.1. The van der Waals surface area contributed by atoms with E-state index in [1.54, 1.807) is 30.0 Å². The van der Waals surface area contributed by atoms with Crippen LogP contribution in [0.25, 0.3) is 22.3 Å². The summed E-state index contributed by atoms with van der Waals surface area (Å²) >= 11 is 0. The summed E-state index contributed by atoms with van der Waals surface area (Å²) in [6.45, 7) is 4.39. The Morgan fingerprint density at radius 2 is 1.82 bits per heavy atom. The fourth-order valence-electron chi connectivity index (χ4n) is 4.72. The number of primary amides is 1. The predicted molar refractivity (Wildman–Crippen MR) is 126 cm³/mol. The van der Waals surface area contributed by atoms with Gasteiger partial charge in [-0.05, 0) is 83.1 Å². The fraction of sp³-hybridized carbons (Fsp3) is 0.259. The predicted octanol–water partition coefficient (Wildman–Crippen LogP) is 4.03. The molecule has 2 amide bonds. The molecule has 1 aliphatic carbocycles. The lowest BCUT2D eigenvalue weighted by Crippen LogP contribution is -2.40. The maximum absolute atomic E-state index is 14.5. The Kier molecular flexibility index (Phi) is 5.79. The Balaban J connectivity index is 1.54. The van der Waals surface area contributed by atoms with Gasteiger partial charge in [0, 0.05) is 24.2 Å². The monoisotopic (exact) mass is 460 g/mol. The summed E-state index contributed by atoms with van der Waals surface area (Å²) in [5.41, 5.74) is 11.7. The number of nitrogens with two attached hydrogens (primary N) is 1. The van der Waals surface area contributed by atoms with Gasteiger partial charge in [-0.3, -0.25) is 9.59 Å². The average Bonchev–Trinajstić information content (AvgIpc) is 3.22. The van der Waals surface area contributed by atoms with Gasteiger partial charge in [-0.15, -0.1) is 0 Å². The lowest BCUT2D eigenvalue weighted by Gasteiger charge is -2.27. The molecule has 0 bridgehead atoms. The van der Waals surface area contributed by atoms with Crippen LogP contribution in [0.15, 0.2) is 48.5 Å². The molecule has 6 nitrogen and oxygen atoms in total. The summed E-state index contributed by atoms with van der Waals surface area (Å²) in [5.74, 6) is -0.845. The summed E-state index contributed by atoms with van der Waals surface area (Å²) < 4.78 is 25.1. The smallest absolute Gasteiger partial charge is 0.254 e. The van der Waals surface area contributed by atoms with Gasteiger partial charge >= 0.3 is 0 Å². The Morgan fingerprint density at radius 1 is 1.03 bits per heavy atom. The molecule has 7 heteroatoms. The van der Waals surface area contributed by atoms with Crippen molar-refractivity contribution >= 4 is 11.8 Å². The van der Waals surface area contributed by atoms with Crippen molar-refractivity contribution in [3.63, 3.8) is 0 Å². The first kappa shape index (κ1) is 22.1. The van der Waals surface area contributed by atoms with Crippen molar-refractivity contribution in [2.24, 2.45) is 5.73 Å². The third kappa shape index (κ3) is 3.92. The van der Waals surface area contributed by atoms with E-state index in [1.165, 1.54) is 6.07 Å². The molecule has 3 aromatic rings. The number of halogens is 1. The zero-order chi connectivity index (χ0) is 23.8. The second-order valence-corrected chi connectivity index (χ2v) is 8.45. The van der Waals surface area contributed by atoms with E-state index >= 15 is 0 Å². The quantitative estimate of drug-likeness (QED) is 0.488. The Labute approximate surface area is 197 Å². The lowest BCUT2D eigenvalue weighted by atomic mass is 9.94. The molecule has 34 heavy (non-hydrogen) atoms. The van der Waals surface area contributed by atoms with Crippen molar-refractivity contribution in [3.05, 3.63) is 76.6 Å². The highest BCUT2D eigenvalue weighted by molar-refractivity contribution is 6.01. The molecular formula is C27H25FN2O4. The molecule has 3 aromatic carbocycles. The first-order chi connectivity index (χ1) is 16.5. The minimum Gasteiger partial charge on any atom is -0.491 e. The molecule has 2 N–H and O–H groups in total. The minimum absolute atomic E-state index is 0.0252. The number of rotatable bonds is 5. The maximum atomic E-state index is 14.5. The van der Waals surface area contributed by atoms with Crippen molar-refractivity contribution in [1.82, 2.24) is 4.90 Å². The Hall–Kier alpha value is -3.71. The van der Waals surface area contributed by atoms with Crippen molar-refractivity contribution in [3.8, 4) is 28.0 Å². The first-order valence-electron chi connectivity index (χ1n) is 11.4. The highest BCUT2D eigenvalue weighted by Gasteiger charge is 2.27. The fourth-order valence-corrected chi connectivity index (χ4v) is 4.72. The molecule has 5 rings (SSSR count). The van der Waals surface area contributed by atoms with E-state index in [1.807, 2.05) is 24.3 Å². The van der Waals surface area contributed by atoms with E-state index < -0.39 is 11.7 Å². The molecule has 0 radical (unpaired) electrons. The van der Waals surface area contributed by atoms with E-state index in [9.17, 15) is 14.0 Å². The van der Waals surface area contributed by atoms with Crippen LogP contribution in [-0.4, -0.2) is 49.6 Å². The number of amides is 2. The van der Waals surface area contributed by atoms with Crippen LogP contribution in [0.2, 0.25) is 0 Å². The largest absolute Gasteiger partial charge is 0.491 e. The van der Waals surface area contributed by atoms with Crippen LogP contribution in [0.3, 0.4) is 0 Å². The van der Waals surface area contributed by atoms with E-state index in [-0.39, 0.29) is 11.7 Å². The summed E-state index contributed by atoms with van der Waals surface area (Å²) in [5, 5.41) is 0. The first-order valence-corrected chi connectivity index (χ1v) is 11.4. The number of carbonyl (C=O) groups excluding carboxylic acids is 2. The highest BCUT2D eigenvalue weighted by atomic mass is 19.1. The molecule has 1 heterocycles. The average molecular weight is 461 g/mol. The molecule has 0 unspecified atom stereocenters. The van der Waals surface area contributed by atoms with Gasteiger partial charge in [-0.1, -0.05) is 12.1 Å². The molecule has 1 saturated heterocycles. The van der Waals surface area contributed by atoms with Crippen LogP contribution >= 0.6 is 0 Å². The number of fused-ring (bicyclic) bond motifs is 3. The summed E-state index contributed by atoms with van der Waals surface area (Å²) in [6, 6.07) is 14.0. The zero-order valence-electron chi connectivity index (χ0n) is 18.9. The molecular weight excluding hydrogens is 435 g/mol. The summed E-state index contributed by atoms with van der Waals surface area (Å²) in [7, 11) is 0. The van der Waals surface area contributed by atoms with E-state index in [2.05, 4.69) is 0 Å². The summed E-state index contributed by atoms with van der Waals surface area (Å²) in [6.07, 6.45) is 0.505. The van der Waals surface area contributed by atoms with Crippen molar-refractivity contribution < 1.29 is 23.5 Å². The van der Waals surface area contributed by atoms with Crippen LogP contribution in [-0.2, 0) is 11.2 Å². The molecule has 0 spiro atoms. The number of morpholine rings is 1.